The van der Waals surface area contributed by atoms with Crippen molar-refractivity contribution in [3.05, 3.63) is 23.2 Å². The smallest absolute Gasteiger partial charge is 0.111 e. The maximum Gasteiger partial charge on any atom is 0.111 e. The molecule has 0 aromatic carbocycles. The van der Waals surface area contributed by atoms with Crippen molar-refractivity contribution in [1.82, 2.24) is 0 Å². The molecule has 52 valence electrons. The van der Waals surface area contributed by atoms with Gasteiger partial charge in [0.25, 0.3) is 0 Å². The average molecular weight is 134 g/mol. The van der Waals surface area contributed by atoms with E-state index >= 15 is 0 Å². The molecule has 1 atom stereocenters. The first-order chi connectivity index (χ1) is 4.74. The molecule has 1 aliphatic carbocycles. The van der Waals surface area contributed by atoms with Crippen LogP contribution >= 0.6 is 0 Å². The molecule has 2 heteroatoms. The molecule has 0 aromatic heterocycles. The van der Waals surface area contributed by atoms with Crippen molar-refractivity contribution in [3.63, 3.8) is 0 Å². The van der Waals surface area contributed by atoms with Crippen LogP contribution in [0.4, 0.5) is 0 Å². The van der Waals surface area contributed by atoms with Crippen LogP contribution in [0.15, 0.2) is 23.2 Å². The van der Waals surface area contributed by atoms with E-state index < -0.39 is 0 Å². The van der Waals surface area contributed by atoms with Gasteiger partial charge in [0.1, 0.15) is 7.85 Å². The van der Waals surface area contributed by atoms with E-state index in [1.807, 2.05) is 13.0 Å². The molecule has 0 N–H and O–H groups in total. The Kier molecular flexibility index (Phi) is 2.33. The van der Waals surface area contributed by atoms with Crippen LogP contribution in [0.1, 0.15) is 13.3 Å². The van der Waals surface area contributed by atoms with Crippen molar-refractivity contribution in [1.29, 1.82) is 0 Å². The Hall–Kier alpha value is -0.495. The third-order valence-corrected chi connectivity index (χ3v) is 1.70. The van der Waals surface area contributed by atoms with Gasteiger partial charge in [0.2, 0.25) is 0 Å². The molecule has 0 aliphatic heterocycles. The number of methoxy groups -OCH3 is 1. The van der Waals surface area contributed by atoms with E-state index in [0.717, 1.165) is 11.9 Å². The molecule has 1 aliphatic rings. The van der Waals surface area contributed by atoms with Crippen LogP contribution in [0.2, 0.25) is 0 Å². The van der Waals surface area contributed by atoms with E-state index in [-0.39, 0.29) is 6.10 Å². The molecule has 0 saturated carbocycles. The Bertz CT molecular complexity index is 182. The summed E-state index contributed by atoms with van der Waals surface area (Å²) in [6, 6.07) is 0. The fourth-order valence-corrected chi connectivity index (χ4v) is 1.08. The minimum absolute atomic E-state index is 0.101. The summed E-state index contributed by atoms with van der Waals surface area (Å²) < 4.78 is 5.11. The Morgan fingerprint density at radius 1 is 1.70 bits per heavy atom. The molecule has 1 nitrogen and oxygen atoms in total. The minimum atomic E-state index is 0.101. The first kappa shape index (κ1) is 7.61. The minimum Gasteiger partial charge on any atom is -0.378 e. The van der Waals surface area contributed by atoms with Crippen LogP contribution in [0.25, 0.3) is 0 Å². The van der Waals surface area contributed by atoms with Crippen molar-refractivity contribution in [2.75, 3.05) is 7.11 Å². The first-order valence-corrected chi connectivity index (χ1v) is 3.40. The molecule has 0 saturated heterocycles. The summed E-state index contributed by atoms with van der Waals surface area (Å²) in [7, 11) is 7.36. The Morgan fingerprint density at radius 2 is 2.40 bits per heavy atom. The van der Waals surface area contributed by atoms with Crippen LogP contribution < -0.4 is 0 Å². The number of allylic oxidation sites excluding steroid dienone is 2. The van der Waals surface area contributed by atoms with Gasteiger partial charge in [-0.3, -0.25) is 0 Å². The fourth-order valence-electron chi connectivity index (χ4n) is 1.08. The van der Waals surface area contributed by atoms with E-state index in [1.165, 1.54) is 5.57 Å². The molecule has 0 amide bonds. The normalized spacial score (nSPS) is 25.6. The summed E-state index contributed by atoms with van der Waals surface area (Å²) in [5, 5.41) is 0. The first-order valence-electron chi connectivity index (χ1n) is 3.40. The number of hydrogen-bond acceptors (Lipinski definition) is 1. The molecule has 0 bridgehead atoms. The topological polar surface area (TPSA) is 9.23 Å². The summed E-state index contributed by atoms with van der Waals surface area (Å²) in [6.07, 6.45) is 5.09. The fraction of sp³-hybridized carbons (Fsp3) is 0.500. The van der Waals surface area contributed by atoms with Gasteiger partial charge in [-0.15, -0.1) is 0 Å². The van der Waals surface area contributed by atoms with E-state index in [1.54, 1.807) is 7.11 Å². The van der Waals surface area contributed by atoms with Gasteiger partial charge in [-0.25, -0.2) is 0 Å². The molecule has 0 heterocycles. The van der Waals surface area contributed by atoms with Gasteiger partial charge >= 0.3 is 0 Å². The lowest BCUT2D eigenvalue weighted by Gasteiger charge is -2.18. The van der Waals surface area contributed by atoms with Crippen molar-refractivity contribution in [2.24, 2.45) is 0 Å². The van der Waals surface area contributed by atoms with Gasteiger partial charge in [-0.2, -0.15) is 0 Å². The van der Waals surface area contributed by atoms with Crippen LogP contribution in [-0.2, 0) is 4.74 Å². The molecule has 0 aromatic rings. The Labute approximate surface area is 63.2 Å². The second kappa shape index (κ2) is 3.06. The summed E-state index contributed by atoms with van der Waals surface area (Å²) >= 11 is 0. The monoisotopic (exact) mass is 134 g/mol. The van der Waals surface area contributed by atoms with Crippen LogP contribution in [0, 0.1) is 0 Å². The molecular weight excluding hydrogens is 123 g/mol. The second-order valence-electron chi connectivity index (χ2n) is 2.55. The van der Waals surface area contributed by atoms with Gasteiger partial charge in [0.15, 0.2) is 0 Å². The highest BCUT2D eigenvalue weighted by Gasteiger charge is 2.10. The molecule has 1 rings (SSSR count). The summed E-state index contributed by atoms with van der Waals surface area (Å²) in [4.78, 5) is 0. The summed E-state index contributed by atoms with van der Waals surface area (Å²) in [5.74, 6) is 0. The second-order valence-corrected chi connectivity index (χ2v) is 2.55. The van der Waals surface area contributed by atoms with Crippen LogP contribution in [0.3, 0.4) is 0 Å². The number of rotatable bonds is 1. The standard InChI is InChI=1S/C8H11BO/c1-6-3-4-8(10-2)7(9)5-6/h3,5,8H,4H2,1-2H3. The predicted octanol–water partition coefficient (Wildman–Crippen LogP) is 1.40. The quantitative estimate of drug-likeness (QED) is 0.492. The zero-order valence-electron chi connectivity index (χ0n) is 6.42. The SMILES string of the molecule is [B]C1=CC(C)=CCC1OC. The van der Waals surface area contributed by atoms with Crippen molar-refractivity contribution >= 4 is 7.85 Å². The maximum atomic E-state index is 5.68. The van der Waals surface area contributed by atoms with Gasteiger partial charge in [-0.1, -0.05) is 23.2 Å². The van der Waals surface area contributed by atoms with Gasteiger partial charge < -0.3 is 4.74 Å². The third kappa shape index (κ3) is 1.51. The zero-order valence-corrected chi connectivity index (χ0v) is 6.42. The molecule has 0 spiro atoms. The highest BCUT2D eigenvalue weighted by Crippen LogP contribution is 2.16. The van der Waals surface area contributed by atoms with Gasteiger partial charge in [-0.05, 0) is 13.3 Å². The molecule has 0 fully saturated rings. The number of hydrogen-bond donors (Lipinski definition) is 0. The van der Waals surface area contributed by atoms with Crippen molar-refractivity contribution in [2.45, 2.75) is 19.4 Å². The van der Waals surface area contributed by atoms with Crippen molar-refractivity contribution in [3.8, 4) is 0 Å². The van der Waals surface area contributed by atoms with E-state index in [9.17, 15) is 0 Å². The molecule has 10 heavy (non-hydrogen) atoms. The zero-order chi connectivity index (χ0) is 7.56. The molecule has 1 unspecified atom stereocenters. The lowest BCUT2D eigenvalue weighted by atomic mass is 9.83. The average Bonchev–Trinajstić information content (AvgIpc) is 1.88. The van der Waals surface area contributed by atoms with E-state index in [4.69, 9.17) is 12.6 Å². The van der Waals surface area contributed by atoms with Gasteiger partial charge in [0, 0.05) is 7.11 Å². The maximum absolute atomic E-state index is 5.68. The van der Waals surface area contributed by atoms with Crippen LogP contribution in [-0.4, -0.2) is 21.1 Å². The van der Waals surface area contributed by atoms with Crippen molar-refractivity contribution < 1.29 is 4.74 Å². The van der Waals surface area contributed by atoms with E-state index in [0.29, 0.717) is 0 Å². The third-order valence-electron chi connectivity index (χ3n) is 1.70. The lowest BCUT2D eigenvalue weighted by Crippen LogP contribution is -2.15. The van der Waals surface area contributed by atoms with Gasteiger partial charge in [0.05, 0.1) is 6.10 Å². The largest absolute Gasteiger partial charge is 0.378 e. The Balaban J connectivity index is 2.68. The highest BCUT2D eigenvalue weighted by molar-refractivity contribution is 6.22. The summed E-state index contributed by atoms with van der Waals surface area (Å²) in [5.41, 5.74) is 2.06. The lowest BCUT2D eigenvalue weighted by molar-refractivity contribution is 0.138. The predicted molar refractivity (Wildman–Crippen MR) is 43.0 cm³/mol. The van der Waals surface area contributed by atoms with Crippen LogP contribution in [0.5, 0.6) is 0 Å². The molecule has 2 radical (unpaired) electrons. The molecular formula is C8H11BO. The Morgan fingerprint density at radius 3 is 2.90 bits per heavy atom. The highest BCUT2D eigenvalue weighted by atomic mass is 16.5. The number of ether oxygens (including phenoxy) is 1. The summed E-state index contributed by atoms with van der Waals surface area (Å²) in [6.45, 7) is 2.04. The van der Waals surface area contributed by atoms with E-state index in [2.05, 4.69) is 6.08 Å².